The van der Waals surface area contributed by atoms with Crippen LogP contribution in [0.5, 0.6) is 0 Å². The van der Waals surface area contributed by atoms with Gasteiger partial charge < -0.3 is 11.1 Å². The summed E-state index contributed by atoms with van der Waals surface area (Å²) in [5.41, 5.74) is 5.74. The van der Waals surface area contributed by atoms with Crippen LogP contribution in [-0.2, 0) is 0 Å². The zero-order valence-electron chi connectivity index (χ0n) is 9.63. The minimum absolute atomic E-state index is 0.398. The monoisotopic (exact) mass is 271 g/mol. The van der Waals surface area contributed by atoms with E-state index >= 15 is 0 Å². The summed E-state index contributed by atoms with van der Waals surface area (Å²) < 4.78 is 0. The van der Waals surface area contributed by atoms with E-state index in [2.05, 4.69) is 15.2 Å². The second-order valence-electron chi connectivity index (χ2n) is 3.90. The van der Waals surface area contributed by atoms with Crippen LogP contribution in [0, 0.1) is 0 Å². The van der Waals surface area contributed by atoms with E-state index in [0.717, 1.165) is 44.4 Å². The highest BCUT2D eigenvalue weighted by Crippen LogP contribution is 2.16. The molecule has 0 saturated carbocycles. The first-order chi connectivity index (χ1) is 8.27. The molecule has 7 heteroatoms. The first kappa shape index (κ1) is 12.7. The quantitative estimate of drug-likeness (QED) is 0.758. The molecule has 0 aromatic carbocycles. The number of nitrogens with one attached hydrogen (secondary N) is 1. The maximum Gasteiger partial charge on any atom is 0.191 e. The molecule has 2 heterocycles. The number of hydrogen-bond donors (Lipinski definition) is 2. The predicted molar refractivity (Wildman–Crippen MR) is 75.6 cm³/mol. The van der Waals surface area contributed by atoms with Crippen molar-refractivity contribution in [1.29, 1.82) is 0 Å². The molecule has 0 unspecified atom stereocenters. The van der Waals surface area contributed by atoms with Crippen LogP contribution in [0.4, 0.5) is 5.13 Å². The maximum atomic E-state index is 5.74. The highest BCUT2D eigenvalue weighted by Gasteiger charge is 2.15. The Bertz CT molecular complexity index is 348. The molecule has 1 aliphatic heterocycles. The van der Waals surface area contributed by atoms with E-state index in [1.54, 1.807) is 17.5 Å². The predicted octanol–water partition coefficient (Wildman–Crippen LogP) is 0.0983. The van der Waals surface area contributed by atoms with Gasteiger partial charge in [0.2, 0.25) is 0 Å². The van der Waals surface area contributed by atoms with Crippen molar-refractivity contribution < 1.29 is 0 Å². The minimum Gasteiger partial charge on any atom is -0.376 e. The average molecular weight is 271 g/mol. The second kappa shape index (κ2) is 6.25. The standard InChI is InChI=1S/C10H17N5S2/c11-9(16)15(10-13-3-8-17-10)7-6-14-4-1-12-2-5-14/h3,8,12H,1-2,4-7H2,(H2,11,16). The number of nitrogens with two attached hydrogens (primary N) is 1. The summed E-state index contributed by atoms with van der Waals surface area (Å²) in [6, 6.07) is 0. The van der Waals surface area contributed by atoms with E-state index in [0.29, 0.717) is 5.11 Å². The van der Waals surface area contributed by atoms with E-state index in [1.807, 2.05) is 10.3 Å². The average Bonchev–Trinajstić information content (AvgIpc) is 2.84. The third kappa shape index (κ3) is 3.60. The lowest BCUT2D eigenvalue weighted by Gasteiger charge is -2.29. The largest absolute Gasteiger partial charge is 0.376 e. The summed E-state index contributed by atoms with van der Waals surface area (Å²) >= 11 is 6.63. The Morgan fingerprint density at radius 3 is 2.94 bits per heavy atom. The molecule has 3 N–H and O–H groups in total. The molecule has 0 radical (unpaired) electrons. The first-order valence-electron chi connectivity index (χ1n) is 5.67. The highest BCUT2D eigenvalue weighted by molar-refractivity contribution is 7.80. The summed E-state index contributed by atoms with van der Waals surface area (Å²) in [4.78, 5) is 8.56. The van der Waals surface area contributed by atoms with E-state index < -0.39 is 0 Å². The molecule has 17 heavy (non-hydrogen) atoms. The number of rotatable bonds is 4. The van der Waals surface area contributed by atoms with Gasteiger partial charge in [-0.15, -0.1) is 11.3 Å². The maximum absolute atomic E-state index is 5.74. The number of aromatic nitrogens is 1. The summed E-state index contributed by atoms with van der Waals surface area (Å²) in [5, 5.41) is 6.55. The third-order valence-corrected chi connectivity index (χ3v) is 3.78. The summed E-state index contributed by atoms with van der Waals surface area (Å²) in [5.74, 6) is 0. The van der Waals surface area contributed by atoms with Crippen molar-refractivity contribution in [1.82, 2.24) is 15.2 Å². The number of nitrogens with zero attached hydrogens (tertiary/aromatic N) is 3. The van der Waals surface area contributed by atoms with Gasteiger partial charge in [-0.1, -0.05) is 0 Å². The molecule has 1 saturated heterocycles. The van der Waals surface area contributed by atoms with Crippen LogP contribution in [-0.4, -0.2) is 54.3 Å². The molecular weight excluding hydrogens is 254 g/mol. The van der Waals surface area contributed by atoms with Crippen molar-refractivity contribution in [3.05, 3.63) is 11.6 Å². The Kier molecular flexibility index (Phi) is 4.66. The van der Waals surface area contributed by atoms with E-state index in [-0.39, 0.29) is 0 Å². The van der Waals surface area contributed by atoms with Crippen LogP contribution in [0.2, 0.25) is 0 Å². The van der Waals surface area contributed by atoms with Gasteiger partial charge in [-0.2, -0.15) is 0 Å². The highest BCUT2D eigenvalue weighted by atomic mass is 32.1. The third-order valence-electron chi connectivity index (χ3n) is 2.77. The fourth-order valence-corrected chi connectivity index (χ4v) is 2.74. The molecule has 0 aliphatic carbocycles. The molecule has 1 aliphatic rings. The Balaban J connectivity index is 1.88. The number of thiazole rings is 1. The molecule has 0 amide bonds. The number of thiocarbonyl (C=S) groups is 1. The van der Waals surface area contributed by atoms with Gasteiger partial charge in [0.1, 0.15) is 0 Å². The van der Waals surface area contributed by atoms with Crippen molar-refractivity contribution in [2.24, 2.45) is 5.73 Å². The van der Waals surface area contributed by atoms with E-state index in [9.17, 15) is 0 Å². The lowest BCUT2D eigenvalue weighted by Crippen LogP contribution is -2.47. The van der Waals surface area contributed by atoms with Gasteiger partial charge in [-0.3, -0.25) is 9.80 Å². The van der Waals surface area contributed by atoms with Crippen LogP contribution in [0.15, 0.2) is 11.6 Å². The van der Waals surface area contributed by atoms with Gasteiger partial charge in [0, 0.05) is 50.8 Å². The van der Waals surface area contributed by atoms with Crippen LogP contribution in [0.1, 0.15) is 0 Å². The smallest absolute Gasteiger partial charge is 0.191 e. The molecule has 0 bridgehead atoms. The lowest BCUT2D eigenvalue weighted by atomic mass is 10.3. The SMILES string of the molecule is NC(=S)N(CCN1CCNCC1)c1nccs1. The summed E-state index contributed by atoms with van der Waals surface area (Å²) in [6.45, 7) is 6.07. The van der Waals surface area contributed by atoms with Gasteiger partial charge in [0.05, 0.1) is 0 Å². The zero-order valence-corrected chi connectivity index (χ0v) is 11.3. The van der Waals surface area contributed by atoms with Gasteiger partial charge in [0.15, 0.2) is 10.2 Å². The fourth-order valence-electron chi connectivity index (χ4n) is 1.83. The minimum atomic E-state index is 0.398. The molecular formula is C10H17N5S2. The Morgan fingerprint density at radius 2 is 2.35 bits per heavy atom. The topological polar surface area (TPSA) is 57.4 Å². The van der Waals surface area contributed by atoms with Crippen molar-refractivity contribution in [2.45, 2.75) is 0 Å². The van der Waals surface area contributed by atoms with Crippen LogP contribution >= 0.6 is 23.6 Å². The van der Waals surface area contributed by atoms with Gasteiger partial charge >= 0.3 is 0 Å². The molecule has 2 rings (SSSR count). The molecule has 94 valence electrons. The van der Waals surface area contributed by atoms with Gasteiger partial charge in [-0.25, -0.2) is 4.98 Å². The van der Waals surface area contributed by atoms with Crippen molar-refractivity contribution in [3.8, 4) is 0 Å². The normalized spacial score (nSPS) is 16.9. The number of anilines is 1. The Morgan fingerprint density at radius 1 is 1.59 bits per heavy atom. The van der Waals surface area contributed by atoms with Gasteiger partial charge in [0.25, 0.3) is 0 Å². The second-order valence-corrected chi connectivity index (χ2v) is 5.19. The summed E-state index contributed by atoms with van der Waals surface area (Å²) in [6.07, 6.45) is 1.77. The van der Waals surface area contributed by atoms with Crippen LogP contribution in [0.25, 0.3) is 0 Å². The fraction of sp³-hybridized carbons (Fsp3) is 0.600. The first-order valence-corrected chi connectivity index (χ1v) is 6.95. The summed E-state index contributed by atoms with van der Waals surface area (Å²) in [7, 11) is 0. The lowest BCUT2D eigenvalue weighted by molar-refractivity contribution is 0.247. The van der Waals surface area contributed by atoms with Crippen LogP contribution in [0.3, 0.4) is 0 Å². The Hall–Kier alpha value is -0.760. The van der Waals surface area contributed by atoms with E-state index in [4.69, 9.17) is 18.0 Å². The number of piperazine rings is 1. The molecule has 1 aromatic heterocycles. The molecule has 0 spiro atoms. The molecule has 1 fully saturated rings. The molecule has 5 nitrogen and oxygen atoms in total. The van der Waals surface area contributed by atoms with Gasteiger partial charge in [-0.05, 0) is 12.2 Å². The van der Waals surface area contributed by atoms with Crippen molar-refractivity contribution >= 4 is 33.8 Å². The van der Waals surface area contributed by atoms with Crippen molar-refractivity contribution in [2.75, 3.05) is 44.2 Å². The molecule has 1 aromatic rings. The van der Waals surface area contributed by atoms with Crippen molar-refractivity contribution in [3.63, 3.8) is 0 Å². The van der Waals surface area contributed by atoms with Crippen LogP contribution < -0.4 is 16.0 Å². The van der Waals surface area contributed by atoms with E-state index in [1.165, 1.54) is 0 Å². The molecule has 0 atom stereocenters. The zero-order chi connectivity index (χ0) is 12.1. The number of hydrogen-bond acceptors (Lipinski definition) is 5. The Labute approximate surface area is 111 Å².